The van der Waals surface area contributed by atoms with Crippen LogP contribution in [0.5, 0.6) is 0 Å². The molecule has 0 amide bonds. The molecule has 0 unspecified atom stereocenters. The summed E-state index contributed by atoms with van der Waals surface area (Å²) in [5.41, 5.74) is 0. The summed E-state index contributed by atoms with van der Waals surface area (Å²) in [6.45, 7) is 0. The summed E-state index contributed by atoms with van der Waals surface area (Å²) < 4.78 is 0. The van der Waals surface area contributed by atoms with E-state index < -0.39 is 10.2 Å². The first-order valence-corrected chi connectivity index (χ1v) is 1.13. The molecule has 0 radical (unpaired) electrons. The van der Waals surface area contributed by atoms with Crippen molar-refractivity contribution in [3.8, 4) is 0 Å². The summed E-state index contributed by atoms with van der Waals surface area (Å²) in [4.78, 5) is 16.7. The molecule has 0 saturated heterocycles. The van der Waals surface area contributed by atoms with Crippen molar-refractivity contribution in [2.24, 2.45) is 0 Å². The van der Waals surface area contributed by atoms with E-state index in [-0.39, 0.29) is 19.4 Å². The predicted octanol–water partition coefficient (Wildman–Crippen LogP) is -2.53. The van der Waals surface area contributed by atoms with E-state index in [4.69, 9.17) is 30.6 Å². The Kier molecular flexibility index (Phi) is 36.6. The zero-order valence-electron chi connectivity index (χ0n) is 4.00. The Bertz CT molecular complexity index is 73.7. The Balaban J connectivity index is -0.0000000300. The molecule has 56 valence electrons. The van der Waals surface area contributed by atoms with E-state index in [1.165, 1.54) is 0 Å². The van der Waals surface area contributed by atoms with Gasteiger partial charge < -0.3 is 10.4 Å². The van der Waals surface area contributed by atoms with Gasteiger partial charge in [-0.05, 0) is 11.0 Å². The molecule has 0 aliphatic rings. The standard InChI is InChI=1S/B.2HNO3.H4Si/c;2*2-1(3)4;/h;2*(H,2,3,4);1H4/q+3;;;. The van der Waals surface area contributed by atoms with Gasteiger partial charge in [0.25, 0.3) is 10.2 Å². The molecule has 0 bridgehead atoms. The second-order valence-corrected chi connectivity index (χ2v) is 0.476. The first kappa shape index (κ1) is 23.4. The van der Waals surface area contributed by atoms with Crippen LogP contribution in [0.15, 0.2) is 0 Å². The zero-order valence-corrected chi connectivity index (χ0v) is 4.00. The molecule has 0 aromatic carbocycles. The third-order valence-corrected chi connectivity index (χ3v) is 0. The average Bonchev–Trinajstić information content (AvgIpc) is 1.25. The molecular formula is H6BN2O6Si+3. The Morgan fingerprint density at radius 3 is 1.00 bits per heavy atom. The van der Waals surface area contributed by atoms with Gasteiger partial charge in [0.15, 0.2) is 0 Å². The summed E-state index contributed by atoms with van der Waals surface area (Å²) >= 11 is 0. The maximum Gasteiger partial charge on any atom is 3.00 e. The minimum absolute atomic E-state index is 0. The van der Waals surface area contributed by atoms with Gasteiger partial charge in [0, 0.05) is 0 Å². The Morgan fingerprint density at radius 1 is 1.00 bits per heavy atom. The normalized spacial score (nSPS) is 4.80. The van der Waals surface area contributed by atoms with Crippen LogP contribution >= 0.6 is 0 Å². The summed E-state index contributed by atoms with van der Waals surface area (Å²) in [5.74, 6) is 0. The average molecular weight is 169 g/mol. The molecule has 0 aliphatic heterocycles. The van der Waals surface area contributed by atoms with Crippen LogP contribution in [0, 0.1) is 20.2 Å². The smallest absolute Gasteiger partial charge is 0.328 e. The van der Waals surface area contributed by atoms with E-state index in [0.29, 0.717) is 0 Å². The van der Waals surface area contributed by atoms with Gasteiger partial charge in [0.1, 0.15) is 0 Å². The molecule has 0 saturated carbocycles. The van der Waals surface area contributed by atoms with Crippen molar-refractivity contribution in [3.05, 3.63) is 20.2 Å². The van der Waals surface area contributed by atoms with Gasteiger partial charge in [-0.1, -0.05) is 0 Å². The Hall–Kier alpha value is -1.32. The molecule has 8 nitrogen and oxygen atoms in total. The van der Waals surface area contributed by atoms with E-state index in [1.807, 2.05) is 0 Å². The molecule has 0 atom stereocenters. The van der Waals surface area contributed by atoms with Gasteiger partial charge in [-0.3, -0.25) is 0 Å². The fourth-order valence-electron chi connectivity index (χ4n) is 0. The molecule has 0 aromatic rings. The van der Waals surface area contributed by atoms with Gasteiger partial charge >= 0.3 is 8.41 Å². The largest absolute Gasteiger partial charge is 3.00 e. The van der Waals surface area contributed by atoms with Crippen molar-refractivity contribution < 1.29 is 20.6 Å². The Morgan fingerprint density at radius 2 is 1.00 bits per heavy atom. The van der Waals surface area contributed by atoms with Gasteiger partial charge in [-0.25, -0.2) is 0 Å². The van der Waals surface area contributed by atoms with Crippen molar-refractivity contribution in [3.63, 3.8) is 0 Å². The van der Waals surface area contributed by atoms with Crippen LogP contribution in [0.2, 0.25) is 0 Å². The fraction of sp³-hybridized carbons (Fsp3) is 0. The number of rotatable bonds is 0. The molecule has 0 rings (SSSR count). The zero-order chi connectivity index (χ0) is 7.15. The van der Waals surface area contributed by atoms with Crippen molar-refractivity contribution in [2.75, 3.05) is 0 Å². The summed E-state index contributed by atoms with van der Waals surface area (Å²) in [6.07, 6.45) is 0. The first-order valence-electron chi connectivity index (χ1n) is 1.13. The third kappa shape index (κ3) is 124. The molecule has 0 spiro atoms. The van der Waals surface area contributed by atoms with Crippen LogP contribution in [-0.4, -0.2) is 40.0 Å². The molecule has 0 heterocycles. The summed E-state index contributed by atoms with van der Waals surface area (Å²) in [7, 11) is 0. The Labute approximate surface area is 61.3 Å². The fourth-order valence-corrected chi connectivity index (χ4v) is 0. The van der Waals surface area contributed by atoms with Crippen LogP contribution in [0.1, 0.15) is 0 Å². The monoisotopic (exact) mass is 169 g/mol. The van der Waals surface area contributed by atoms with E-state index in [1.54, 1.807) is 0 Å². The van der Waals surface area contributed by atoms with Crippen LogP contribution < -0.4 is 0 Å². The maximum atomic E-state index is 8.36. The van der Waals surface area contributed by atoms with Gasteiger partial charge in [0.2, 0.25) is 0 Å². The predicted molar refractivity (Wildman–Crippen MR) is 34.6 cm³/mol. The van der Waals surface area contributed by atoms with Crippen molar-refractivity contribution >= 4 is 19.4 Å². The maximum absolute atomic E-state index is 8.36. The molecule has 0 aliphatic carbocycles. The van der Waals surface area contributed by atoms with Gasteiger partial charge in [-0.15, -0.1) is 20.2 Å². The molecule has 2 N–H and O–H groups in total. The van der Waals surface area contributed by atoms with E-state index in [2.05, 4.69) is 0 Å². The molecule has 0 fully saturated rings. The van der Waals surface area contributed by atoms with Crippen LogP contribution in [-0.2, 0) is 0 Å². The van der Waals surface area contributed by atoms with E-state index in [9.17, 15) is 0 Å². The number of nitrogens with zero attached hydrogens (tertiary/aromatic N) is 2. The van der Waals surface area contributed by atoms with E-state index >= 15 is 0 Å². The van der Waals surface area contributed by atoms with Gasteiger partial charge in [-0.2, -0.15) is 0 Å². The molecule has 10 heavy (non-hydrogen) atoms. The van der Waals surface area contributed by atoms with Crippen molar-refractivity contribution in [1.82, 2.24) is 0 Å². The van der Waals surface area contributed by atoms with Crippen molar-refractivity contribution in [1.29, 1.82) is 0 Å². The topological polar surface area (TPSA) is 127 Å². The number of hydrogen-bond acceptors (Lipinski definition) is 4. The number of hydrogen-bond donors (Lipinski definition) is 2. The molecule has 0 aromatic heterocycles. The summed E-state index contributed by atoms with van der Waals surface area (Å²) in [5, 5.41) is 27.3. The van der Waals surface area contributed by atoms with Crippen LogP contribution in [0.25, 0.3) is 0 Å². The second-order valence-electron chi connectivity index (χ2n) is 0.476. The third-order valence-electron chi connectivity index (χ3n) is 0. The van der Waals surface area contributed by atoms with Gasteiger partial charge in [0.05, 0.1) is 0 Å². The van der Waals surface area contributed by atoms with Crippen LogP contribution in [0.3, 0.4) is 0 Å². The van der Waals surface area contributed by atoms with E-state index in [0.717, 1.165) is 0 Å². The minimum atomic E-state index is -1.50. The van der Waals surface area contributed by atoms with Crippen LogP contribution in [0.4, 0.5) is 0 Å². The quantitative estimate of drug-likeness (QED) is 0.234. The minimum Gasteiger partial charge on any atom is -0.328 e. The second kappa shape index (κ2) is 15.6. The summed E-state index contributed by atoms with van der Waals surface area (Å²) in [6, 6.07) is 0. The SMILES string of the molecule is O=[N+]([O-])O.O=[N+]([O-])O.[B+3].[SiH4]. The van der Waals surface area contributed by atoms with Crippen molar-refractivity contribution in [2.45, 2.75) is 0 Å². The molecular weight excluding hydrogens is 163 g/mol. The molecule has 10 heteroatoms. The first-order chi connectivity index (χ1) is 3.46.